The van der Waals surface area contributed by atoms with Crippen molar-refractivity contribution in [2.24, 2.45) is 0 Å². The number of fused-ring (bicyclic) bond motifs is 1. The molecule has 0 saturated heterocycles. The number of benzene rings is 2. The van der Waals surface area contributed by atoms with Crippen LogP contribution in [0.1, 0.15) is 23.1 Å². The lowest BCUT2D eigenvalue weighted by molar-refractivity contribution is -0.137. The summed E-state index contributed by atoms with van der Waals surface area (Å²) in [6, 6.07) is 12.2. The SMILES string of the molecule is OC1CCc2cccc(Nc3cc(-c4ccc(C(F)(F)F)cc4)nc(Cl)n3)c2C1. The van der Waals surface area contributed by atoms with E-state index in [0.29, 0.717) is 23.5 Å². The molecule has 1 unspecified atom stereocenters. The number of aromatic nitrogens is 2. The van der Waals surface area contributed by atoms with E-state index >= 15 is 0 Å². The van der Waals surface area contributed by atoms with Gasteiger partial charge >= 0.3 is 6.18 Å². The van der Waals surface area contributed by atoms with Gasteiger partial charge in [-0.25, -0.2) is 9.97 Å². The molecule has 4 rings (SSSR count). The number of aliphatic hydroxyl groups excluding tert-OH is 1. The third-order valence-electron chi connectivity index (χ3n) is 4.93. The third kappa shape index (κ3) is 4.36. The van der Waals surface area contributed by atoms with Crippen LogP contribution in [0.3, 0.4) is 0 Å². The number of aryl methyl sites for hydroxylation is 1. The molecule has 1 aliphatic carbocycles. The second-order valence-corrected chi connectivity index (χ2v) is 7.29. The maximum absolute atomic E-state index is 12.8. The molecule has 29 heavy (non-hydrogen) atoms. The van der Waals surface area contributed by atoms with Gasteiger partial charge < -0.3 is 10.4 Å². The number of hydrogen-bond donors (Lipinski definition) is 2. The Bertz CT molecular complexity index is 1040. The van der Waals surface area contributed by atoms with Gasteiger partial charge in [0.1, 0.15) is 5.82 Å². The van der Waals surface area contributed by atoms with Crippen molar-refractivity contribution in [3.63, 3.8) is 0 Å². The average molecular weight is 420 g/mol. The average Bonchev–Trinajstić information content (AvgIpc) is 2.67. The summed E-state index contributed by atoms with van der Waals surface area (Å²) in [4.78, 5) is 8.31. The Morgan fingerprint density at radius 2 is 1.83 bits per heavy atom. The molecule has 2 N–H and O–H groups in total. The Hall–Kier alpha value is -2.64. The largest absolute Gasteiger partial charge is 0.416 e. The zero-order valence-electron chi connectivity index (χ0n) is 15.2. The summed E-state index contributed by atoms with van der Waals surface area (Å²) in [5, 5.41) is 13.2. The highest BCUT2D eigenvalue weighted by molar-refractivity contribution is 6.28. The van der Waals surface area contributed by atoms with Gasteiger partial charge in [-0.2, -0.15) is 13.2 Å². The molecule has 3 aromatic rings. The van der Waals surface area contributed by atoms with Gasteiger partial charge in [0, 0.05) is 23.7 Å². The molecule has 150 valence electrons. The van der Waals surface area contributed by atoms with Crippen molar-refractivity contribution in [2.75, 3.05) is 5.32 Å². The van der Waals surface area contributed by atoms with Crippen molar-refractivity contribution in [1.82, 2.24) is 9.97 Å². The predicted octanol–water partition coefficient (Wildman–Crippen LogP) is 5.41. The van der Waals surface area contributed by atoms with Gasteiger partial charge in [-0.1, -0.05) is 24.3 Å². The molecule has 0 aliphatic heterocycles. The fraction of sp³-hybridized carbons (Fsp3) is 0.238. The van der Waals surface area contributed by atoms with Crippen LogP contribution in [0.5, 0.6) is 0 Å². The molecule has 2 aromatic carbocycles. The van der Waals surface area contributed by atoms with E-state index in [4.69, 9.17) is 11.6 Å². The minimum Gasteiger partial charge on any atom is -0.393 e. The number of aliphatic hydroxyl groups is 1. The molecule has 1 aliphatic rings. The Kier molecular flexibility index (Phi) is 5.19. The second-order valence-electron chi connectivity index (χ2n) is 6.95. The molecule has 0 amide bonds. The molecule has 0 radical (unpaired) electrons. The van der Waals surface area contributed by atoms with Crippen LogP contribution in [-0.4, -0.2) is 21.2 Å². The second kappa shape index (κ2) is 7.65. The first-order valence-electron chi connectivity index (χ1n) is 9.07. The molecule has 0 spiro atoms. The molecule has 0 saturated carbocycles. The first-order valence-corrected chi connectivity index (χ1v) is 9.45. The summed E-state index contributed by atoms with van der Waals surface area (Å²) in [7, 11) is 0. The zero-order valence-corrected chi connectivity index (χ0v) is 15.9. The number of nitrogens with zero attached hydrogens (tertiary/aromatic N) is 2. The lowest BCUT2D eigenvalue weighted by atomic mass is 9.88. The first-order chi connectivity index (χ1) is 13.8. The lowest BCUT2D eigenvalue weighted by Gasteiger charge is -2.23. The van der Waals surface area contributed by atoms with Crippen LogP contribution in [0.15, 0.2) is 48.5 Å². The van der Waals surface area contributed by atoms with E-state index in [1.807, 2.05) is 18.2 Å². The smallest absolute Gasteiger partial charge is 0.393 e. The van der Waals surface area contributed by atoms with Crippen molar-refractivity contribution < 1.29 is 18.3 Å². The van der Waals surface area contributed by atoms with Gasteiger partial charge in [-0.05, 0) is 53.8 Å². The molecule has 1 heterocycles. The monoisotopic (exact) mass is 419 g/mol. The van der Waals surface area contributed by atoms with Crippen LogP contribution >= 0.6 is 11.6 Å². The minimum absolute atomic E-state index is 0.0188. The molecule has 1 atom stereocenters. The minimum atomic E-state index is -4.40. The van der Waals surface area contributed by atoms with Crippen LogP contribution in [0.4, 0.5) is 24.7 Å². The summed E-state index contributed by atoms with van der Waals surface area (Å²) in [5.74, 6) is 0.424. The maximum Gasteiger partial charge on any atom is 0.416 e. The van der Waals surface area contributed by atoms with Crippen LogP contribution in [0.25, 0.3) is 11.3 Å². The highest BCUT2D eigenvalue weighted by Gasteiger charge is 2.30. The first kappa shape index (κ1) is 19.7. The standard InChI is InChI=1S/C21H17ClF3N3O/c22-20-27-18(13-4-7-14(8-5-13)21(23,24)25)11-19(28-20)26-17-3-1-2-12-6-9-15(29)10-16(12)17/h1-5,7-8,11,15,29H,6,9-10H2,(H,26,27,28). The van der Waals surface area contributed by atoms with Crippen LogP contribution in [0.2, 0.25) is 5.28 Å². The van der Waals surface area contributed by atoms with Gasteiger partial charge in [-0.3, -0.25) is 0 Å². The fourth-order valence-corrected chi connectivity index (χ4v) is 3.67. The lowest BCUT2D eigenvalue weighted by Crippen LogP contribution is -2.19. The molecular formula is C21H17ClF3N3O. The molecule has 0 bridgehead atoms. The van der Waals surface area contributed by atoms with Gasteiger partial charge in [0.05, 0.1) is 17.4 Å². The van der Waals surface area contributed by atoms with Crippen LogP contribution < -0.4 is 5.32 Å². The number of rotatable bonds is 3. The molecule has 8 heteroatoms. The van der Waals surface area contributed by atoms with Gasteiger partial charge in [0.2, 0.25) is 5.28 Å². The van der Waals surface area contributed by atoms with Crippen molar-refractivity contribution in [1.29, 1.82) is 0 Å². The van der Waals surface area contributed by atoms with Crippen molar-refractivity contribution in [3.05, 3.63) is 70.5 Å². The number of hydrogen-bond acceptors (Lipinski definition) is 4. The van der Waals surface area contributed by atoms with Crippen molar-refractivity contribution in [2.45, 2.75) is 31.5 Å². The van der Waals surface area contributed by atoms with Gasteiger partial charge in [0.15, 0.2) is 0 Å². The Balaban J connectivity index is 1.65. The topological polar surface area (TPSA) is 58.0 Å². The number of anilines is 2. The van der Waals surface area contributed by atoms with E-state index in [1.165, 1.54) is 17.7 Å². The predicted molar refractivity (Wildman–Crippen MR) is 105 cm³/mol. The highest BCUT2D eigenvalue weighted by atomic mass is 35.5. The van der Waals surface area contributed by atoms with E-state index in [1.54, 1.807) is 6.07 Å². The summed E-state index contributed by atoms with van der Waals surface area (Å²) in [6.45, 7) is 0. The fourth-order valence-electron chi connectivity index (χ4n) is 3.48. The zero-order chi connectivity index (χ0) is 20.6. The molecule has 0 fully saturated rings. The third-order valence-corrected chi connectivity index (χ3v) is 5.10. The van der Waals surface area contributed by atoms with Crippen molar-refractivity contribution in [3.8, 4) is 11.3 Å². The van der Waals surface area contributed by atoms with Gasteiger partial charge in [-0.15, -0.1) is 0 Å². The van der Waals surface area contributed by atoms with Crippen LogP contribution in [0, 0.1) is 0 Å². The van der Waals surface area contributed by atoms with E-state index in [9.17, 15) is 18.3 Å². The Morgan fingerprint density at radius 3 is 2.55 bits per heavy atom. The number of alkyl halides is 3. The summed E-state index contributed by atoms with van der Waals surface area (Å²) in [6.07, 6.45) is -2.71. The Morgan fingerprint density at radius 1 is 1.07 bits per heavy atom. The molecule has 4 nitrogen and oxygen atoms in total. The Labute approximate surface area is 170 Å². The highest BCUT2D eigenvalue weighted by Crippen LogP contribution is 2.33. The number of halogens is 4. The summed E-state index contributed by atoms with van der Waals surface area (Å²) in [5.41, 5.74) is 3.19. The molecular weight excluding hydrogens is 403 g/mol. The van der Waals surface area contributed by atoms with E-state index in [-0.39, 0.29) is 11.4 Å². The van der Waals surface area contributed by atoms with Crippen molar-refractivity contribution >= 4 is 23.1 Å². The maximum atomic E-state index is 12.8. The summed E-state index contributed by atoms with van der Waals surface area (Å²) < 4.78 is 38.4. The van der Waals surface area contributed by atoms with E-state index in [2.05, 4.69) is 15.3 Å². The number of nitrogens with one attached hydrogen (secondary N) is 1. The van der Waals surface area contributed by atoms with Gasteiger partial charge in [0.25, 0.3) is 0 Å². The summed E-state index contributed by atoms with van der Waals surface area (Å²) >= 11 is 6.05. The molecule has 1 aromatic heterocycles. The normalized spacial score (nSPS) is 16.4. The van der Waals surface area contributed by atoms with E-state index in [0.717, 1.165) is 36.2 Å². The van der Waals surface area contributed by atoms with E-state index < -0.39 is 11.7 Å². The quantitative estimate of drug-likeness (QED) is 0.557. The van der Waals surface area contributed by atoms with Crippen LogP contribution in [-0.2, 0) is 19.0 Å².